The molecule has 0 aromatic heterocycles. The van der Waals surface area contributed by atoms with Gasteiger partial charge in [0.05, 0.1) is 12.3 Å². The molecular weight excluding hydrogens is 482 g/mol. The van der Waals surface area contributed by atoms with Crippen LogP contribution in [0.5, 0.6) is 5.75 Å². The van der Waals surface area contributed by atoms with Crippen molar-refractivity contribution in [1.82, 2.24) is 15.1 Å². The summed E-state index contributed by atoms with van der Waals surface area (Å²) in [5.41, 5.74) is 3.14. The minimum absolute atomic E-state index is 0.172. The molecule has 2 saturated heterocycles. The van der Waals surface area contributed by atoms with Gasteiger partial charge >= 0.3 is 0 Å². The largest absolute Gasteiger partial charge is 0.493 e. The first-order valence-electron chi connectivity index (χ1n) is 12.8. The number of piperidine rings is 1. The first-order chi connectivity index (χ1) is 17.9. The average molecular weight is 511 g/mol. The maximum Gasteiger partial charge on any atom is 0.255 e. The van der Waals surface area contributed by atoms with Crippen molar-refractivity contribution in [2.75, 3.05) is 37.7 Å². The summed E-state index contributed by atoms with van der Waals surface area (Å²) in [5, 5.41) is 2.28. The number of halogens is 2. The topological polar surface area (TPSA) is 82.2 Å². The number of anilines is 1. The summed E-state index contributed by atoms with van der Waals surface area (Å²) in [4.78, 5) is 42.3. The SMILES string of the molecule is O=C1CCC(N2Cc3cc(N4CCN(Cc5cc(F)cc6c5OCCC6)CC4)c(F)cc3C2=O)C(=O)N1. The lowest BCUT2D eigenvalue weighted by molar-refractivity contribution is -0.136. The van der Waals surface area contributed by atoms with Gasteiger partial charge in [0.1, 0.15) is 23.4 Å². The average Bonchev–Trinajstić information content (AvgIpc) is 3.19. The Bertz CT molecular complexity index is 1290. The first kappa shape index (κ1) is 23.8. The molecule has 0 bridgehead atoms. The van der Waals surface area contributed by atoms with E-state index in [1.165, 1.54) is 11.0 Å². The number of nitrogens with zero attached hydrogens (tertiary/aromatic N) is 3. The van der Waals surface area contributed by atoms with E-state index in [4.69, 9.17) is 4.74 Å². The molecule has 8 nitrogen and oxygen atoms in total. The van der Waals surface area contributed by atoms with Crippen molar-refractivity contribution in [2.45, 2.75) is 44.8 Å². The van der Waals surface area contributed by atoms with E-state index in [1.54, 1.807) is 18.2 Å². The first-order valence-corrected chi connectivity index (χ1v) is 12.8. The van der Waals surface area contributed by atoms with Crippen LogP contribution in [0.25, 0.3) is 0 Å². The van der Waals surface area contributed by atoms with Crippen molar-refractivity contribution in [2.24, 2.45) is 0 Å². The Morgan fingerprint density at radius 3 is 2.57 bits per heavy atom. The van der Waals surface area contributed by atoms with E-state index in [0.29, 0.717) is 50.6 Å². The summed E-state index contributed by atoms with van der Waals surface area (Å²) in [7, 11) is 0. The fourth-order valence-electron chi connectivity index (χ4n) is 5.84. The summed E-state index contributed by atoms with van der Waals surface area (Å²) in [5.74, 6) is -1.15. The molecule has 1 atom stereocenters. The van der Waals surface area contributed by atoms with E-state index < -0.39 is 17.8 Å². The van der Waals surface area contributed by atoms with E-state index in [2.05, 4.69) is 10.2 Å². The molecule has 2 aromatic carbocycles. The van der Waals surface area contributed by atoms with Crippen molar-refractivity contribution < 1.29 is 27.9 Å². The molecule has 2 aromatic rings. The standard InChI is InChI=1S/C27H28F2N4O4/c28-19-10-16-2-1-9-37-25(16)18(11-19)14-31-5-7-32(8-6-31)23-12-17-15-33(27(36)20(17)13-21(23)29)22-3-4-24(34)30-26(22)35/h10-13,22H,1-9,14-15H2,(H,30,34,35). The van der Waals surface area contributed by atoms with Gasteiger partial charge in [-0.15, -0.1) is 0 Å². The molecule has 6 rings (SSSR count). The van der Waals surface area contributed by atoms with Crippen LogP contribution in [0.3, 0.4) is 0 Å². The molecule has 4 heterocycles. The van der Waals surface area contributed by atoms with E-state index in [1.807, 2.05) is 4.90 Å². The minimum Gasteiger partial charge on any atom is -0.493 e. The number of hydrogen-bond acceptors (Lipinski definition) is 6. The van der Waals surface area contributed by atoms with Crippen LogP contribution in [-0.2, 0) is 29.1 Å². The summed E-state index contributed by atoms with van der Waals surface area (Å²) in [6.07, 6.45) is 2.14. The molecule has 1 N–H and O–H groups in total. The number of amides is 3. The summed E-state index contributed by atoms with van der Waals surface area (Å²) in [6, 6.07) is 5.34. The van der Waals surface area contributed by atoms with Gasteiger partial charge in [0, 0.05) is 56.8 Å². The highest BCUT2D eigenvalue weighted by molar-refractivity contribution is 6.05. The lowest BCUT2D eigenvalue weighted by Gasteiger charge is -2.37. The summed E-state index contributed by atoms with van der Waals surface area (Å²) in [6.45, 7) is 3.92. The Labute approximate surface area is 213 Å². The van der Waals surface area contributed by atoms with E-state index >= 15 is 4.39 Å². The lowest BCUT2D eigenvalue weighted by atomic mass is 10.0. The molecule has 3 amide bonds. The number of piperazine rings is 1. The Hall–Kier alpha value is -3.53. The van der Waals surface area contributed by atoms with E-state index in [-0.39, 0.29) is 42.6 Å². The van der Waals surface area contributed by atoms with Crippen LogP contribution < -0.4 is 15.0 Å². The van der Waals surface area contributed by atoms with Crippen molar-refractivity contribution in [3.63, 3.8) is 0 Å². The molecule has 37 heavy (non-hydrogen) atoms. The zero-order valence-electron chi connectivity index (χ0n) is 20.4. The second-order valence-electron chi connectivity index (χ2n) is 10.1. The smallest absolute Gasteiger partial charge is 0.255 e. The van der Waals surface area contributed by atoms with Crippen LogP contribution in [0.15, 0.2) is 24.3 Å². The van der Waals surface area contributed by atoms with Gasteiger partial charge < -0.3 is 14.5 Å². The predicted molar refractivity (Wildman–Crippen MR) is 130 cm³/mol. The summed E-state index contributed by atoms with van der Waals surface area (Å²) >= 11 is 0. The molecule has 0 spiro atoms. The lowest BCUT2D eigenvalue weighted by Crippen LogP contribution is -2.52. The molecular formula is C27H28F2N4O4. The molecule has 2 fully saturated rings. The number of aryl methyl sites for hydroxylation is 1. The quantitative estimate of drug-likeness (QED) is 0.637. The molecule has 10 heteroatoms. The van der Waals surface area contributed by atoms with E-state index in [0.717, 1.165) is 29.7 Å². The van der Waals surface area contributed by atoms with Crippen LogP contribution in [0, 0.1) is 11.6 Å². The van der Waals surface area contributed by atoms with Crippen molar-refractivity contribution in [3.05, 3.63) is 58.2 Å². The highest BCUT2D eigenvalue weighted by atomic mass is 19.1. The monoisotopic (exact) mass is 510 g/mol. The second-order valence-corrected chi connectivity index (χ2v) is 10.1. The number of rotatable bonds is 4. The van der Waals surface area contributed by atoms with Gasteiger partial charge in [-0.25, -0.2) is 8.78 Å². The molecule has 1 unspecified atom stereocenters. The molecule has 0 aliphatic carbocycles. The van der Waals surface area contributed by atoms with Crippen molar-refractivity contribution in [3.8, 4) is 5.75 Å². The molecule has 0 radical (unpaired) electrons. The zero-order valence-corrected chi connectivity index (χ0v) is 20.4. The third-order valence-corrected chi connectivity index (χ3v) is 7.74. The Balaban J connectivity index is 1.14. The van der Waals surface area contributed by atoms with Gasteiger partial charge in [0.15, 0.2) is 0 Å². The number of nitrogens with one attached hydrogen (secondary N) is 1. The van der Waals surface area contributed by atoms with Crippen LogP contribution in [0.1, 0.15) is 46.3 Å². The van der Waals surface area contributed by atoms with Crippen LogP contribution in [-0.4, -0.2) is 66.3 Å². The van der Waals surface area contributed by atoms with Crippen molar-refractivity contribution >= 4 is 23.4 Å². The van der Waals surface area contributed by atoms with Gasteiger partial charge in [-0.2, -0.15) is 0 Å². The Morgan fingerprint density at radius 2 is 1.78 bits per heavy atom. The van der Waals surface area contributed by atoms with E-state index in [9.17, 15) is 18.8 Å². The van der Waals surface area contributed by atoms with Gasteiger partial charge in [0.25, 0.3) is 5.91 Å². The predicted octanol–water partition coefficient (Wildman–Crippen LogP) is 2.37. The maximum atomic E-state index is 15.2. The number of carbonyl (C=O) groups excluding carboxylic acids is 3. The highest BCUT2D eigenvalue weighted by Gasteiger charge is 2.40. The van der Waals surface area contributed by atoms with Gasteiger partial charge in [0.2, 0.25) is 11.8 Å². The second kappa shape index (κ2) is 9.41. The van der Waals surface area contributed by atoms with Gasteiger partial charge in [-0.05, 0) is 54.7 Å². The maximum absolute atomic E-state index is 15.2. The summed E-state index contributed by atoms with van der Waals surface area (Å²) < 4.78 is 35.2. The van der Waals surface area contributed by atoms with Crippen LogP contribution >= 0.6 is 0 Å². The third kappa shape index (κ3) is 4.43. The number of imide groups is 1. The molecule has 194 valence electrons. The molecule has 4 aliphatic rings. The molecule has 4 aliphatic heterocycles. The minimum atomic E-state index is -0.731. The van der Waals surface area contributed by atoms with Crippen LogP contribution in [0.2, 0.25) is 0 Å². The number of benzene rings is 2. The number of ether oxygens (including phenoxy) is 1. The van der Waals surface area contributed by atoms with Gasteiger partial charge in [-0.3, -0.25) is 24.6 Å². The fraction of sp³-hybridized carbons (Fsp3) is 0.444. The van der Waals surface area contributed by atoms with Gasteiger partial charge in [-0.1, -0.05) is 0 Å². The Kier molecular flexibility index (Phi) is 6.06. The third-order valence-electron chi connectivity index (χ3n) is 7.74. The molecule has 0 saturated carbocycles. The Morgan fingerprint density at radius 1 is 0.973 bits per heavy atom. The number of hydrogen-bond donors (Lipinski definition) is 1. The zero-order chi connectivity index (χ0) is 25.7. The van der Waals surface area contributed by atoms with Crippen molar-refractivity contribution in [1.29, 1.82) is 0 Å². The van der Waals surface area contributed by atoms with Crippen LogP contribution in [0.4, 0.5) is 14.5 Å². The fourth-order valence-corrected chi connectivity index (χ4v) is 5.84. The number of fused-ring (bicyclic) bond motifs is 2. The normalized spacial score (nSPS) is 22.0. The highest BCUT2D eigenvalue weighted by Crippen LogP contribution is 2.34. The number of carbonyl (C=O) groups is 3.